The van der Waals surface area contributed by atoms with Gasteiger partial charge in [-0.1, -0.05) is 72.8 Å². The van der Waals surface area contributed by atoms with Gasteiger partial charge < -0.3 is 10.6 Å². The number of urea groups is 1. The highest BCUT2D eigenvalue weighted by molar-refractivity contribution is 8.00. The Morgan fingerprint density at radius 3 is 2.17 bits per heavy atom. The van der Waals surface area contributed by atoms with Crippen LogP contribution < -0.4 is 15.5 Å². The fraction of sp³-hybridized carbons (Fsp3) is 0.118. The van der Waals surface area contributed by atoms with Crippen molar-refractivity contribution in [1.82, 2.24) is 0 Å². The van der Waals surface area contributed by atoms with Crippen molar-refractivity contribution in [1.29, 1.82) is 0 Å². The zero-order valence-corrected chi connectivity index (χ0v) is 25.9. The van der Waals surface area contributed by atoms with Crippen LogP contribution in [0.15, 0.2) is 113 Å². The predicted molar refractivity (Wildman–Crippen MR) is 171 cm³/mol. The van der Waals surface area contributed by atoms with Gasteiger partial charge in [-0.2, -0.15) is 13.2 Å². The number of anilines is 3. The number of allylic oxidation sites excluding steroid dienone is 2. The average molecular weight is 702 g/mol. The van der Waals surface area contributed by atoms with Gasteiger partial charge in [-0.05, 0) is 35.9 Å². The van der Waals surface area contributed by atoms with Crippen LogP contribution in [0.25, 0.3) is 0 Å². The van der Waals surface area contributed by atoms with Crippen LogP contribution >= 0.6 is 23.5 Å². The number of nitrogens with zero attached hydrogens (tertiary/aromatic N) is 1. The van der Waals surface area contributed by atoms with Crippen LogP contribution in [0.5, 0.6) is 0 Å². The maximum Gasteiger partial charge on any atom is 0.422 e. The number of rotatable bonds is 6. The highest BCUT2D eigenvalue weighted by Crippen LogP contribution is 2.44. The number of alkyl halides is 3. The molecule has 0 aromatic heterocycles. The number of amides is 3. The summed E-state index contributed by atoms with van der Waals surface area (Å²) < 4.78 is 97.1. The Hall–Kier alpha value is -4.69. The van der Waals surface area contributed by atoms with Crippen molar-refractivity contribution in [2.24, 2.45) is 0 Å². The van der Waals surface area contributed by atoms with Crippen molar-refractivity contribution >= 4 is 52.5 Å². The lowest BCUT2D eigenvalue weighted by Gasteiger charge is -2.40. The van der Waals surface area contributed by atoms with Crippen molar-refractivity contribution < 1.29 is 40.3 Å². The second-order valence-corrected chi connectivity index (χ2v) is 12.9. The molecule has 4 aromatic carbocycles. The van der Waals surface area contributed by atoms with Crippen LogP contribution in [0.3, 0.4) is 0 Å². The summed E-state index contributed by atoms with van der Waals surface area (Å²) in [5, 5.41) is 3.30. The van der Waals surface area contributed by atoms with E-state index in [-0.39, 0.29) is 11.3 Å². The van der Waals surface area contributed by atoms with Gasteiger partial charge in [0.15, 0.2) is 23.3 Å². The SMILES string of the molecule is O=C(Nc1c(F)c(F)c(C(F)(F)F)c(F)c1F)C(Sc1cccc(NC(=O)N2c3ccccc3SC3C=CC=CC32)c1)c1ccccc1. The molecule has 1 heterocycles. The third-order valence-electron chi connectivity index (χ3n) is 7.44. The molecule has 14 heteroatoms. The van der Waals surface area contributed by atoms with Gasteiger partial charge in [0.05, 0.1) is 17.0 Å². The minimum absolute atomic E-state index is 0.0102. The summed E-state index contributed by atoms with van der Waals surface area (Å²) >= 11 is 2.51. The molecule has 0 fully saturated rings. The highest BCUT2D eigenvalue weighted by atomic mass is 32.2. The third kappa shape index (κ3) is 6.54. The molecule has 6 rings (SSSR count). The zero-order chi connectivity index (χ0) is 34.2. The average Bonchev–Trinajstić information content (AvgIpc) is 3.07. The summed E-state index contributed by atoms with van der Waals surface area (Å²) in [5.74, 6) is -11.4. The number of nitrogens with one attached hydrogen (secondary N) is 2. The molecule has 3 unspecified atom stereocenters. The van der Waals surface area contributed by atoms with Crippen molar-refractivity contribution in [3.8, 4) is 0 Å². The van der Waals surface area contributed by atoms with E-state index in [2.05, 4.69) is 5.32 Å². The quantitative estimate of drug-likeness (QED) is 0.119. The molecular weight excluding hydrogens is 680 g/mol. The first-order valence-corrected chi connectivity index (χ1v) is 16.0. The lowest BCUT2D eigenvalue weighted by Crippen LogP contribution is -2.49. The first-order valence-electron chi connectivity index (χ1n) is 14.2. The number of halogens is 7. The van der Waals surface area contributed by atoms with Crippen LogP contribution in [0, 0.1) is 23.3 Å². The lowest BCUT2D eigenvalue weighted by atomic mass is 10.1. The Bertz CT molecular complexity index is 1920. The molecule has 3 atom stereocenters. The van der Waals surface area contributed by atoms with Gasteiger partial charge in [0, 0.05) is 15.5 Å². The summed E-state index contributed by atoms with van der Waals surface area (Å²) in [6, 6.07) is 21.0. The van der Waals surface area contributed by atoms with Crippen molar-refractivity contribution in [3.05, 3.63) is 138 Å². The fourth-order valence-corrected chi connectivity index (χ4v) is 7.61. The van der Waals surface area contributed by atoms with E-state index >= 15 is 0 Å². The molecule has 4 aromatic rings. The first-order chi connectivity index (χ1) is 22.9. The molecular formula is C34H22F7N3O2S2. The van der Waals surface area contributed by atoms with E-state index < -0.39 is 57.9 Å². The summed E-state index contributed by atoms with van der Waals surface area (Å²) in [5.41, 5.74) is -3.07. The number of carbonyl (C=O) groups excluding carboxylic acids is 2. The number of hydrogen-bond acceptors (Lipinski definition) is 4. The Kier molecular flexibility index (Phi) is 9.30. The first kappa shape index (κ1) is 33.2. The Balaban J connectivity index is 1.27. The topological polar surface area (TPSA) is 61.4 Å². The van der Waals surface area contributed by atoms with Crippen LogP contribution in [0.1, 0.15) is 16.4 Å². The van der Waals surface area contributed by atoms with E-state index in [1.54, 1.807) is 64.4 Å². The zero-order valence-electron chi connectivity index (χ0n) is 24.3. The molecule has 2 N–H and O–H groups in total. The van der Waals surface area contributed by atoms with E-state index in [1.807, 2.05) is 48.6 Å². The second kappa shape index (κ2) is 13.4. The number of fused-ring (bicyclic) bond motifs is 2. The van der Waals surface area contributed by atoms with E-state index in [0.29, 0.717) is 16.1 Å². The standard InChI is InChI=1S/C34H22F7N3O2S2/c35-26-25(34(39,40)41)27(36)29(38)30(28(26)37)43-32(45)31(18-9-2-1-3-10-18)47-20-12-8-11-19(17-20)42-33(46)44-21-13-4-6-15-23(21)48-24-16-7-5-14-22(24)44/h1-17,21,23,31H,(H,42,46)(H,43,45). The Morgan fingerprint density at radius 1 is 0.792 bits per heavy atom. The predicted octanol–water partition coefficient (Wildman–Crippen LogP) is 9.74. The van der Waals surface area contributed by atoms with Crippen LogP contribution in [-0.2, 0) is 11.0 Å². The van der Waals surface area contributed by atoms with Crippen molar-refractivity contribution in [2.75, 3.05) is 15.5 Å². The molecule has 3 amide bonds. The van der Waals surface area contributed by atoms with Crippen LogP contribution in [0.4, 0.5) is 52.6 Å². The summed E-state index contributed by atoms with van der Waals surface area (Å²) in [7, 11) is 0. The van der Waals surface area contributed by atoms with Gasteiger partial charge in [0.2, 0.25) is 5.91 Å². The van der Waals surface area contributed by atoms with E-state index in [9.17, 15) is 40.3 Å². The molecule has 0 radical (unpaired) electrons. The third-order valence-corrected chi connectivity index (χ3v) is 9.99. The number of carbonyl (C=O) groups is 2. The molecule has 0 saturated heterocycles. The maximum atomic E-state index is 14.7. The maximum absolute atomic E-state index is 14.7. The molecule has 2 aliphatic rings. The van der Waals surface area contributed by atoms with E-state index in [4.69, 9.17) is 0 Å². The minimum Gasteiger partial charge on any atom is -0.320 e. The van der Waals surface area contributed by atoms with Gasteiger partial charge in [0.1, 0.15) is 16.5 Å². The molecule has 1 aliphatic heterocycles. The molecule has 0 bridgehead atoms. The molecule has 48 heavy (non-hydrogen) atoms. The molecule has 1 aliphatic carbocycles. The smallest absolute Gasteiger partial charge is 0.320 e. The highest BCUT2D eigenvalue weighted by Gasteiger charge is 2.43. The summed E-state index contributed by atoms with van der Waals surface area (Å²) in [6.07, 6.45) is 2.01. The van der Waals surface area contributed by atoms with Gasteiger partial charge in [-0.3, -0.25) is 9.69 Å². The molecule has 0 saturated carbocycles. The fourth-order valence-electron chi connectivity index (χ4n) is 5.27. The molecule has 0 spiro atoms. The van der Waals surface area contributed by atoms with E-state index in [0.717, 1.165) is 22.3 Å². The minimum atomic E-state index is -5.73. The van der Waals surface area contributed by atoms with Crippen LogP contribution in [0.2, 0.25) is 0 Å². The van der Waals surface area contributed by atoms with Crippen molar-refractivity contribution in [3.63, 3.8) is 0 Å². The second-order valence-electron chi connectivity index (χ2n) is 10.5. The number of para-hydroxylation sites is 1. The Labute approximate surface area is 277 Å². The summed E-state index contributed by atoms with van der Waals surface area (Å²) in [4.78, 5) is 30.1. The molecule has 246 valence electrons. The van der Waals surface area contributed by atoms with Gasteiger partial charge in [-0.15, -0.1) is 23.5 Å². The van der Waals surface area contributed by atoms with E-state index in [1.165, 1.54) is 12.1 Å². The normalized spacial score (nSPS) is 17.4. The molecule has 5 nitrogen and oxygen atoms in total. The lowest BCUT2D eigenvalue weighted by molar-refractivity contribution is -0.143. The van der Waals surface area contributed by atoms with Gasteiger partial charge in [-0.25, -0.2) is 22.4 Å². The number of hydrogen-bond donors (Lipinski definition) is 2. The van der Waals surface area contributed by atoms with Crippen LogP contribution in [-0.4, -0.2) is 23.2 Å². The largest absolute Gasteiger partial charge is 0.422 e. The van der Waals surface area contributed by atoms with Crippen molar-refractivity contribution in [2.45, 2.75) is 32.5 Å². The Morgan fingerprint density at radius 2 is 1.46 bits per heavy atom. The van der Waals surface area contributed by atoms with Gasteiger partial charge >= 0.3 is 12.2 Å². The number of thioether (sulfide) groups is 2. The number of benzene rings is 4. The monoisotopic (exact) mass is 701 g/mol. The summed E-state index contributed by atoms with van der Waals surface area (Å²) in [6.45, 7) is 0. The van der Waals surface area contributed by atoms with Gasteiger partial charge in [0.25, 0.3) is 0 Å².